The molecule has 140 valence electrons. The molecule has 2 aliphatic rings. The zero-order chi connectivity index (χ0) is 17.8. The summed E-state index contributed by atoms with van der Waals surface area (Å²) in [7, 11) is 0. The van der Waals surface area contributed by atoms with Crippen LogP contribution in [0.5, 0.6) is 0 Å². The Morgan fingerprint density at radius 1 is 1.08 bits per heavy atom. The highest BCUT2D eigenvalue weighted by atomic mass is 16.5. The first-order valence-electron chi connectivity index (χ1n) is 9.88. The molecule has 0 saturated carbocycles. The van der Waals surface area contributed by atoms with Gasteiger partial charge >= 0.3 is 0 Å². The number of hydrogen-bond donors (Lipinski definition) is 0. The summed E-state index contributed by atoms with van der Waals surface area (Å²) >= 11 is 0. The summed E-state index contributed by atoms with van der Waals surface area (Å²) in [6.45, 7) is 8.10. The van der Waals surface area contributed by atoms with E-state index in [-0.39, 0.29) is 6.10 Å². The monoisotopic (exact) mass is 355 g/mol. The molecule has 0 spiro atoms. The predicted molar refractivity (Wildman–Crippen MR) is 102 cm³/mol. The summed E-state index contributed by atoms with van der Waals surface area (Å²) in [4.78, 5) is 9.28. The van der Waals surface area contributed by atoms with E-state index in [0.717, 1.165) is 63.0 Å². The third-order valence-electron chi connectivity index (χ3n) is 5.39. The van der Waals surface area contributed by atoms with Gasteiger partial charge in [-0.25, -0.2) is 0 Å². The Morgan fingerprint density at radius 2 is 2.04 bits per heavy atom. The van der Waals surface area contributed by atoms with E-state index in [1.165, 1.54) is 24.9 Å². The molecule has 2 saturated heterocycles. The molecule has 1 unspecified atom stereocenters. The van der Waals surface area contributed by atoms with Gasteiger partial charge in [0.05, 0.1) is 6.54 Å². The van der Waals surface area contributed by atoms with Crippen LogP contribution in [0.1, 0.15) is 49.0 Å². The molecule has 2 aromatic heterocycles. The first-order chi connectivity index (χ1) is 12.8. The summed E-state index contributed by atoms with van der Waals surface area (Å²) < 4.78 is 11.9. The van der Waals surface area contributed by atoms with Crippen LogP contribution in [0.25, 0.3) is 0 Å². The number of aryl methyl sites for hydroxylation is 1. The fourth-order valence-corrected chi connectivity index (χ4v) is 3.95. The molecule has 1 atom stereocenters. The summed E-state index contributed by atoms with van der Waals surface area (Å²) in [5.41, 5.74) is 2.37. The minimum absolute atomic E-state index is 0.159. The molecule has 0 amide bonds. The molecule has 5 nitrogen and oxygen atoms in total. The van der Waals surface area contributed by atoms with Crippen LogP contribution in [0.4, 0.5) is 5.69 Å². The van der Waals surface area contributed by atoms with Gasteiger partial charge in [0.25, 0.3) is 0 Å². The first-order valence-corrected chi connectivity index (χ1v) is 9.88. The normalized spacial score (nSPS) is 22.3. The number of furan rings is 1. The van der Waals surface area contributed by atoms with Gasteiger partial charge < -0.3 is 14.1 Å². The zero-order valence-electron chi connectivity index (χ0n) is 15.7. The molecular formula is C21H29N3O2. The molecule has 26 heavy (non-hydrogen) atoms. The van der Waals surface area contributed by atoms with E-state index in [0.29, 0.717) is 0 Å². The maximum atomic E-state index is 6.11. The van der Waals surface area contributed by atoms with Crippen molar-refractivity contribution in [1.29, 1.82) is 0 Å². The average molecular weight is 355 g/mol. The highest BCUT2D eigenvalue weighted by molar-refractivity contribution is 5.46. The van der Waals surface area contributed by atoms with Gasteiger partial charge in [-0.15, -0.1) is 0 Å². The quantitative estimate of drug-likeness (QED) is 0.831. The van der Waals surface area contributed by atoms with E-state index >= 15 is 0 Å². The Kier molecular flexibility index (Phi) is 5.56. The zero-order valence-corrected chi connectivity index (χ0v) is 15.7. The lowest BCUT2D eigenvalue weighted by molar-refractivity contribution is 0.000872. The molecule has 0 aliphatic carbocycles. The van der Waals surface area contributed by atoms with Gasteiger partial charge in [-0.05, 0) is 56.9 Å². The van der Waals surface area contributed by atoms with Crippen LogP contribution in [0.3, 0.4) is 0 Å². The topological polar surface area (TPSA) is 41.7 Å². The summed E-state index contributed by atoms with van der Waals surface area (Å²) in [6.07, 6.45) is 6.72. The van der Waals surface area contributed by atoms with Crippen LogP contribution in [0.2, 0.25) is 0 Å². The van der Waals surface area contributed by atoms with Crippen molar-refractivity contribution in [1.82, 2.24) is 9.88 Å². The van der Waals surface area contributed by atoms with Gasteiger partial charge in [0, 0.05) is 50.4 Å². The van der Waals surface area contributed by atoms with E-state index in [4.69, 9.17) is 9.15 Å². The van der Waals surface area contributed by atoms with Gasteiger partial charge in [-0.1, -0.05) is 0 Å². The summed E-state index contributed by atoms with van der Waals surface area (Å²) in [5, 5.41) is 0. The smallest absolute Gasteiger partial charge is 0.133 e. The lowest BCUT2D eigenvalue weighted by Gasteiger charge is -2.23. The second-order valence-corrected chi connectivity index (χ2v) is 7.43. The van der Waals surface area contributed by atoms with Crippen molar-refractivity contribution in [3.05, 3.63) is 47.7 Å². The maximum Gasteiger partial charge on any atom is 0.133 e. The molecule has 0 bridgehead atoms. The number of ether oxygens (including phenoxy) is 1. The van der Waals surface area contributed by atoms with Crippen LogP contribution >= 0.6 is 0 Å². The fourth-order valence-electron chi connectivity index (χ4n) is 3.95. The van der Waals surface area contributed by atoms with Crippen LogP contribution in [-0.4, -0.2) is 42.7 Å². The number of hydrogen-bond acceptors (Lipinski definition) is 5. The average Bonchev–Trinajstić information content (AvgIpc) is 3.00. The lowest BCUT2D eigenvalue weighted by atomic mass is 10.1. The van der Waals surface area contributed by atoms with Crippen LogP contribution in [0, 0.1) is 6.92 Å². The van der Waals surface area contributed by atoms with E-state index in [1.807, 2.05) is 6.20 Å². The first kappa shape index (κ1) is 17.6. The molecule has 0 radical (unpaired) electrons. The van der Waals surface area contributed by atoms with Crippen molar-refractivity contribution in [2.24, 2.45) is 0 Å². The van der Waals surface area contributed by atoms with Gasteiger partial charge in [0.15, 0.2) is 0 Å². The van der Waals surface area contributed by atoms with Crippen molar-refractivity contribution in [3.63, 3.8) is 0 Å². The maximum absolute atomic E-state index is 6.11. The SMILES string of the molecule is Cc1cc(N2CCCN(Cc3ccc(C4CCCCO4)o3)CC2)ccn1. The predicted octanol–water partition coefficient (Wildman–Crippen LogP) is 3.94. The van der Waals surface area contributed by atoms with Gasteiger partial charge in [0.2, 0.25) is 0 Å². The number of aromatic nitrogens is 1. The number of anilines is 1. The summed E-state index contributed by atoms with van der Waals surface area (Å²) in [5.74, 6) is 2.06. The lowest BCUT2D eigenvalue weighted by Crippen LogP contribution is -2.30. The number of nitrogens with zero attached hydrogens (tertiary/aromatic N) is 3. The van der Waals surface area contributed by atoms with Crippen molar-refractivity contribution in [2.75, 3.05) is 37.7 Å². The Balaban J connectivity index is 1.34. The highest BCUT2D eigenvalue weighted by Crippen LogP contribution is 2.29. The Morgan fingerprint density at radius 3 is 2.88 bits per heavy atom. The molecule has 5 heteroatoms. The Bertz CT molecular complexity index is 709. The molecule has 4 rings (SSSR count). The summed E-state index contributed by atoms with van der Waals surface area (Å²) in [6, 6.07) is 8.53. The molecule has 0 N–H and O–H groups in total. The van der Waals surface area contributed by atoms with Crippen molar-refractivity contribution in [3.8, 4) is 0 Å². The second kappa shape index (κ2) is 8.23. The Labute approximate surface area is 156 Å². The minimum atomic E-state index is 0.159. The molecule has 2 aromatic rings. The van der Waals surface area contributed by atoms with E-state index in [9.17, 15) is 0 Å². The van der Waals surface area contributed by atoms with Gasteiger partial charge in [-0.3, -0.25) is 9.88 Å². The third-order valence-corrected chi connectivity index (χ3v) is 5.39. The van der Waals surface area contributed by atoms with E-state index in [1.54, 1.807) is 0 Å². The van der Waals surface area contributed by atoms with E-state index < -0.39 is 0 Å². The second-order valence-electron chi connectivity index (χ2n) is 7.43. The third kappa shape index (κ3) is 4.27. The van der Waals surface area contributed by atoms with Crippen LogP contribution < -0.4 is 4.90 Å². The molecule has 2 fully saturated rings. The van der Waals surface area contributed by atoms with Crippen LogP contribution in [-0.2, 0) is 11.3 Å². The minimum Gasteiger partial charge on any atom is -0.462 e. The standard InChI is InChI=1S/C21H29N3O2/c1-17-15-18(8-9-22-17)24-11-4-10-23(12-13-24)16-19-6-7-21(26-19)20-5-2-3-14-25-20/h6-9,15,20H,2-5,10-14,16H2,1H3. The van der Waals surface area contributed by atoms with Crippen molar-refractivity contribution < 1.29 is 9.15 Å². The largest absolute Gasteiger partial charge is 0.462 e. The molecule has 2 aliphatic heterocycles. The number of pyridine rings is 1. The highest BCUT2D eigenvalue weighted by Gasteiger charge is 2.21. The number of rotatable bonds is 4. The molecule has 0 aromatic carbocycles. The van der Waals surface area contributed by atoms with Gasteiger partial charge in [-0.2, -0.15) is 0 Å². The van der Waals surface area contributed by atoms with Crippen molar-refractivity contribution in [2.45, 2.75) is 45.3 Å². The Hall–Kier alpha value is -1.85. The molecule has 4 heterocycles. The van der Waals surface area contributed by atoms with Crippen LogP contribution in [0.15, 0.2) is 34.9 Å². The van der Waals surface area contributed by atoms with Gasteiger partial charge in [0.1, 0.15) is 17.6 Å². The molecular weight excluding hydrogens is 326 g/mol. The fraction of sp³-hybridized carbons (Fsp3) is 0.571. The van der Waals surface area contributed by atoms with Crippen molar-refractivity contribution >= 4 is 5.69 Å². The van der Waals surface area contributed by atoms with E-state index in [2.05, 4.69) is 46.0 Å².